The van der Waals surface area contributed by atoms with Crippen LogP contribution < -0.4 is 0 Å². The van der Waals surface area contributed by atoms with E-state index in [1.165, 1.54) is 66.6 Å². The summed E-state index contributed by atoms with van der Waals surface area (Å²) in [7, 11) is 0. The second kappa shape index (κ2) is 14.6. The van der Waals surface area contributed by atoms with Crippen LogP contribution in [0.1, 0.15) is 23.6 Å². The Hall–Kier alpha value is -7.68. The summed E-state index contributed by atoms with van der Waals surface area (Å²) in [4.78, 5) is 10.2. The van der Waals surface area contributed by atoms with Gasteiger partial charge in [0.2, 0.25) is 0 Å². The molecule has 2 nitrogen and oxygen atoms in total. The Morgan fingerprint density at radius 2 is 0.800 bits per heavy atom. The Balaban J connectivity index is 0.939. The van der Waals surface area contributed by atoms with Gasteiger partial charge in [-0.05, 0) is 97.1 Å². The molecule has 1 heterocycles. The van der Waals surface area contributed by atoms with Crippen molar-refractivity contribution in [3.8, 4) is 78.4 Å². The quantitative estimate of drug-likeness (QED) is 0.162. The highest BCUT2D eigenvalue weighted by Crippen LogP contribution is 2.53. The predicted octanol–water partition coefficient (Wildman–Crippen LogP) is 15.0. The van der Waals surface area contributed by atoms with Gasteiger partial charge in [0.05, 0.1) is 11.4 Å². The molecule has 0 amide bonds. The van der Waals surface area contributed by atoms with Crippen molar-refractivity contribution in [1.29, 1.82) is 0 Å². The molecule has 1 aliphatic carbocycles. The fraction of sp³-hybridized carbons (Fsp3) is 0.0345. The first-order valence-corrected chi connectivity index (χ1v) is 20.6. The number of rotatable bonds is 7. The molecule has 0 spiro atoms. The van der Waals surface area contributed by atoms with Crippen molar-refractivity contribution in [1.82, 2.24) is 9.97 Å². The molecule has 0 aliphatic heterocycles. The zero-order valence-corrected chi connectivity index (χ0v) is 33.3. The molecule has 10 aromatic rings. The molecule has 1 aliphatic rings. The summed E-state index contributed by atoms with van der Waals surface area (Å²) in [6.45, 7) is 2.38. The second-order valence-corrected chi connectivity index (χ2v) is 15.9. The van der Waals surface area contributed by atoms with Crippen molar-refractivity contribution in [2.24, 2.45) is 0 Å². The van der Waals surface area contributed by atoms with Crippen molar-refractivity contribution in [2.45, 2.75) is 12.3 Å². The highest BCUT2D eigenvalue weighted by atomic mass is 14.9. The normalized spacial score (nSPS) is 14.2. The first-order valence-electron chi connectivity index (χ1n) is 20.6. The van der Waals surface area contributed by atoms with Crippen molar-refractivity contribution in [2.75, 3.05) is 0 Å². The van der Waals surface area contributed by atoms with Gasteiger partial charge in [0.1, 0.15) is 0 Å². The Morgan fingerprint density at radius 3 is 1.55 bits per heavy atom. The Labute approximate surface area is 351 Å². The Kier molecular flexibility index (Phi) is 8.64. The number of nitrogens with zero attached hydrogens (tertiary/aromatic N) is 2. The van der Waals surface area contributed by atoms with Crippen LogP contribution in [-0.4, -0.2) is 9.97 Å². The molecular formula is C58H40N2. The summed E-state index contributed by atoms with van der Waals surface area (Å²) in [6, 6.07) is 80.7. The summed E-state index contributed by atoms with van der Waals surface area (Å²) in [5.41, 5.74) is 18.6. The topological polar surface area (TPSA) is 25.8 Å². The van der Waals surface area contributed by atoms with E-state index < -0.39 is 0 Å². The largest absolute Gasteiger partial charge is 0.228 e. The third-order valence-electron chi connectivity index (χ3n) is 12.4. The van der Waals surface area contributed by atoms with Gasteiger partial charge in [-0.3, -0.25) is 0 Å². The molecule has 0 radical (unpaired) electrons. The van der Waals surface area contributed by atoms with Crippen LogP contribution in [0.5, 0.6) is 0 Å². The van der Waals surface area contributed by atoms with Crippen LogP contribution in [0.2, 0.25) is 0 Å². The van der Waals surface area contributed by atoms with Gasteiger partial charge in [-0.1, -0.05) is 206 Å². The number of fused-ring (bicyclic) bond motifs is 4. The van der Waals surface area contributed by atoms with E-state index in [2.05, 4.69) is 207 Å². The highest BCUT2D eigenvalue weighted by Gasteiger charge is 2.40. The average molecular weight is 765 g/mol. The zero-order chi connectivity index (χ0) is 40.0. The fourth-order valence-corrected chi connectivity index (χ4v) is 9.31. The van der Waals surface area contributed by atoms with Crippen LogP contribution in [0, 0.1) is 0 Å². The molecule has 2 heteroatoms. The lowest BCUT2D eigenvalue weighted by atomic mass is 9.74. The van der Waals surface area contributed by atoms with Gasteiger partial charge < -0.3 is 0 Å². The predicted molar refractivity (Wildman–Crippen MR) is 250 cm³/mol. The molecule has 1 unspecified atom stereocenters. The third kappa shape index (κ3) is 6.04. The van der Waals surface area contributed by atoms with E-state index in [1.54, 1.807) is 0 Å². The van der Waals surface area contributed by atoms with Gasteiger partial charge >= 0.3 is 0 Å². The summed E-state index contributed by atoms with van der Waals surface area (Å²) in [5, 5.41) is 2.34. The van der Waals surface area contributed by atoms with E-state index in [1.807, 2.05) is 24.3 Å². The fourth-order valence-electron chi connectivity index (χ4n) is 9.31. The molecule has 0 N–H and O–H groups in total. The van der Waals surface area contributed by atoms with Crippen LogP contribution in [0.15, 0.2) is 224 Å². The van der Waals surface area contributed by atoms with E-state index in [4.69, 9.17) is 9.97 Å². The molecule has 1 atom stereocenters. The van der Waals surface area contributed by atoms with Crippen LogP contribution in [0.3, 0.4) is 0 Å². The first-order chi connectivity index (χ1) is 29.6. The molecular weight excluding hydrogens is 725 g/mol. The van der Waals surface area contributed by atoms with Crippen LogP contribution >= 0.6 is 0 Å². The van der Waals surface area contributed by atoms with Crippen LogP contribution in [-0.2, 0) is 5.41 Å². The summed E-state index contributed by atoms with van der Waals surface area (Å²) in [6.07, 6.45) is 0. The van der Waals surface area contributed by atoms with E-state index in [9.17, 15) is 0 Å². The maximum Gasteiger partial charge on any atom is 0.160 e. The van der Waals surface area contributed by atoms with Gasteiger partial charge in [0, 0.05) is 22.1 Å². The summed E-state index contributed by atoms with van der Waals surface area (Å²) in [5.74, 6) is 0.715. The van der Waals surface area contributed by atoms with Crippen LogP contribution in [0.4, 0.5) is 0 Å². The zero-order valence-electron chi connectivity index (χ0n) is 33.3. The third-order valence-corrected chi connectivity index (χ3v) is 12.4. The van der Waals surface area contributed by atoms with Gasteiger partial charge in [-0.25, -0.2) is 9.97 Å². The number of aromatic nitrogens is 2. The Bertz CT molecular complexity index is 3130. The number of hydrogen-bond donors (Lipinski definition) is 0. The summed E-state index contributed by atoms with van der Waals surface area (Å²) >= 11 is 0. The molecule has 0 fully saturated rings. The maximum absolute atomic E-state index is 5.16. The molecule has 282 valence electrons. The van der Waals surface area contributed by atoms with Crippen molar-refractivity contribution >= 4 is 10.8 Å². The SMILES string of the molecule is CC1(c2ccccc2)c2ccccc2-c2ccc(-c3cccc(-c4ccc(-c5ccc(-c6cc(-c7ccccc7)nc(-c7ccccc7)n6)c6ccccc56)cc4)c3)cc21. The second-order valence-electron chi connectivity index (χ2n) is 15.9. The monoisotopic (exact) mass is 764 g/mol. The van der Waals surface area contributed by atoms with E-state index in [0.29, 0.717) is 5.82 Å². The van der Waals surface area contributed by atoms with Crippen molar-refractivity contribution < 1.29 is 0 Å². The Morgan fingerprint density at radius 1 is 0.300 bits per heavy atom. The number of benzene rings is 9. The standard InChI is InChI=1S/C58H40N2/c1-58(46-22-9-4-10-23-46)53-27-14-13-26-50(53)51-33-32-45(37-54(51)58)44-21-15-20-43(36-44)39-28-30-40(31-29-39)47-34-35-52(49-25-12-11-24-48(47)49)56-38-55(41-16-5-2-6-17-41)59-57(60-56)42-18-7-3-8-19-42/h2-38H,1H3. The average Bonchev–Trinajstić information content (AvgIpc) is 3.59. The maximum atomic E-state index is 5.16. The van der Waals surface area contributed by atoms with Gasteiger partial charge in [0.15, 0.2) is 5.82 Å². The molecule has 1 aromatic heterocycles. The van der Waals surface area contributed by atoms with Crippen molar-refractivity contribution in [3.63, 3.8) is 0 Å². The molecule has 0 saturated heterocycles. The minimum absolute atomic E-state index is 0.232. The van der Waals surface area contributed by atoms with E-state index in [-0.39, 0.29) is 5.41 Å². The minimum atomic E-state index is -0.232. The molecule has 0 saturated carbocycles. The first kappa shape index (κ1) is 35.5. The molecule has 11 rings (SSSR count). The molecule has 9 aromatic carbocycles. The van der Waals surface area contributed by atoms with Gasteiger partial charge in [-0.15, -0.1) is 0 Å². The van der Waals surface area contributed by atoms with E-state index in [0.717, 1.165) is 33.5 Å². The lowest BCUT2D eigenvalue weighted by Crippen LogP contribution is -2.22. The lowest BCUT2D eigenvalue weighted by molar-refractivity contribution is 0.714. The van der Waals surface area contributed by atoms with E-state index >= 15 is 0 Å². The minimum Gasteiger partial charge on any atom is -0.228 e. The van der Waals surface area contributed by atoms with Gasteiger partial charge in [0.25, 0.3) is 0 Å². The van der Waals surface area contributed by atoms with Crippen molar-refractivity contribution in [3.05, 3.63) is 241 Å². The highest BCUT2D eigenvalue weighted by molar-refractivity contribution is 6.05. The molecule has 60 heavy (non-hydrogen) atoms. The number of hydrogen-bond acceptors (Lipinski definition) is 2. The van der Waals surface area contributed by atoms with Gasteiger partial charge in [-0.2, -0.15) is 0 Å². The lowest BCUT2D eigenvalue weighted by Gasteiger charge is -2.28. The molecule has 0 bridgehead atoms. The smallest absolute Gasteiger partial charge is 0.160 e. The summed E-state index contributed by atoms with van der Waals surface area (Å²) < 4.78 is 0. The van der Waals surface area contributed by atoms with Crippen LogP contribution in [0.25, 0.3) is 89.2 Å².